The molecule has 25 heavy (non-hydrogen) atoms. The van der Waals surface area contributed by atoms with Crippen LogP contribution in [0.15, 0.2) is 40.7 Å². The van der Waals surface area contributed by atoms with Gasteiger partial charge >= 0.3 is 0 Å². The zero-order valence-electron chi connectivity index (χ0n) is 13.4. The molecule has 1 unspecified atom stereocenters. The number of nitrogens with one attached hydrogen (secondary N) is 1. The Kier molecular flexibility index (Phi) is 3.79. The van der Waals surface area contributed by atoms with Gasteiger partial charge in [0.2, 0.25) is 11.1 Å². The average molecular weight is 357 g/mol. The number of non-ortho nitro benzene ring substituents is 1. The van der Waals surface area contributed by atoms with Crippen molar-refractivity contribution in [2.24, 2.45) is 0 Å². The SMILES string of the molecule is CSc1nc2n(n1)C(c1ccc([N+](=O)[O-])cc1)C1=C(CCCC1=O)N2. The summed E-state index contributed by atoms with van der Waals surface area (Å²) in [6.45, 7) is 0. The van der Waals surface area contributed by atoms with Crippen LogP contribution in [0.1, 0.15) is 30.9 Å². The first-order chi connectivity index (χ1) is 12.1. The lowest BCUT2D eigenvalue weighted by Crippen LogP contribution is -2.31. The van der Waals surface area contributed by atoms with Crippen LogP contribution in [-0.4, -0.2) is 31.7 Å². The summed E-state index contributed by atoms with van der Waals surface area (Å²) in [5, 5.41) is 19.3. The number of benzene rings is 1. The van der Waals surface area contributed by atoms with Crippen molar-refractivity contribution in [3.63, 3.8) is 0 Å². The van der Waals surface area contributed by atoms with Crippen molar-refractivity contribution in [3.8, 4) is 0 Å². The molecular weight excluding hydrogens is 342 g/mol. The summed E-state index contributed by atoms with van der Waals surface area (Å²) in [7, 11) is 0. The van der Waals surface area contributed by atoms with Crippen LogP contribution in [0.25, 0.3) is 0 Å². The maximum absolute atomic E-state index is 12.6. The van der Waals surface area contributed by atoms with Gasteiger partial charge in [0.1, 0.15) is 6.04 Å². The van der Waals surface area contributed by atoms with E-state index in [1.54, 1.807) is 16.8 Å². The zero-order chi connectivity index (χ0) is 17.6. The van der Waals surface area contributed by atoms with Crippen LogP contribution in [0.4, 0.5) is 11.6 Å². The number of nitrogens with zero attached hydrogens (tertiary/aromatic N) is 4. The van der Waals surface area contributed by atoms with Crippen LogP contribution in [0.5, 0.6) is 0 Å². The van der Waals surface area contributed by atoms with E-state index >= 15 is 0 Å². The maximum atomic E-state index is 12.6. The molecule has 0 amide bonds. The van der Waals surface area contributed by atoms with Gasteiger partial charge in [-0.25, -0.2) is 4.68 Å². The monoisotopic (exact) mass is 357 g/mol. The van der Waals surface area contributed by atoms with Gasteiger partial charge in [0.05, 0.1) is 4.92 Å². The second-order valence-corrected chi connectivity index (χ2v) is 6.69. The number of thioether (sulfide) groups is 1. The van der Waals surface area contributed by atoms with Crippen molar-refractivity contribution in [1.29, 1.82) is 0 Å². The van der Waals surface area contributed by atoms with Crippen LogP contribution < -0.4 is 5.32 Å². The van der Waals surface area contributed by atoms with Gasteiger partial charge in [0.25, 0.3) is 5.69 Å². The minimum Gasteiger partial charge on any atom is -0.328 e. The molecule has 1 aromatic carbocycles. The second-order valence-electron chi connectivity index (χ2n) is 5.91. The van der Waals surface area contributed by atoms with Crippen molar-refractivity contribution < 1.29 is 9.72 Å². The Bertz CT molecular complexity index is 903. The van der Waals surface area contributed by atoms with Gasteiger partial charge in [-0.1, -0.05) is 11.8 Å². The Morgan fingerprint density at radius 1 is 1.32 bits per heavy atom. The average Bonchev–Trinajstić information content (AvgIpc) is 3.03. The number of aromatic nitrogens is 3. The molecule has 0 spiro atoms. The normalized spacial score (nSPS) is 19.2. The lowest BCUT2D eigenvalue weighted by Gasteiger charge is -2.32. The van der Waals surface area contributed by atoms with Crippen LogP contribution >= 0.6 is 11.8 Å². The third-order valence-corrected chi connectivity index (χ3v) is 4.99. The number of carbonyl (C=O) groups is 1. The van der Waals surface area contributed by atoms with Crippen molar-refractivity contribution in [2.75, 3.05) is 11.6 Å². The fourth-order valence-corrected chi connectivity index (χ4v) is 3.66. The molecule has 1 N–H and O–H groups in total. The molecule has 9 heteroatoms. The highest BCUT2D eigenvalue weighted by molar-refractivity contribution is 7.98. The first kappa shape index (κ1) is 15.8. The van der Waals surface area contributed by atoms with E-state index < -0.39 is 11.0 Å². The quantitative estimate of drug-likeness (QED) is 0.512. The van der Waals surface area contributed by atoms with Gasteiger partial charge in [0.15, 0.2) is 5.78 Å². The summed E-state index contributed by atoms with van der Waals surface area (Å²) in [6.07, 6.45) is 3.98. The van der Waals surface area contributed by atoms with Crippen molar-refractivity contribution >= 4 is 29.2 Å². The summed E-state index contributed by atoms with van der Waals surface area (Å²) >= 11 is 1.42. The second kappa shape index (κ2) is 5.99. The third-order valence-electron chi connectivity index (χ3n) is 4.45. The molecule has 1 aromatic heterocycles. The Morgan fingerprint density at radius 3 is 2.76 bits per heavy atom. The topological polar surface area (TPSA) is 103 Å². The van der Waals surface area contributed by atoms with Gasteiger partial charge in [0, 0.05) is 29.8 Å². The summed E-state index contributed by atoms with van der Waals surface area (Å²) in [5.74, 6) is 0.685. The highest BCUT2D eigenvalue weighted by Gasteiger charge is 2.36. The molecule has 0 saturated heterocycles. The maximum Gasteiger partial charge on any atom is 0.269 e. The number of rotatable bonds is 3. The van der Waals surface area contributed by atoms with Gasteiger partial charge in [-0.05, 0) is 36.8 Å². The molecule has 8 nitrogen and oxygen atoms in total. The number of carbonyl (C=O) groups excluding carboxylic acids is 1. The van der Waals surface area contributed by atoms with Gasteiger partial charge < -0.3 is 5.32 Å². The lowest BCUT2D eigenvalue weighted by molar-refractivity contribution is -0.384. The first-order valence-corrected chi connectivity index (χ1v) is 9.09. The number of fused-ring (bicyclic) bond motifs is 1. The number of hydrogen-bond donors (Lipinski definition) is 1. The summed E-state index contributed by atoms with van der Waals surface area (Å²) < 4.78 is 1.70. The number of Topliss-reactive ketones (excluding diaryl/α,β-unsaturated/α-hetero) is 1. The van der Waals surface area contributed by atoms with Crippen molar-refractivity contribution in [3.05, 3.63) is 51.2 Å². The Labute approximate surface area is 147 Å². The molecular formula is C16H15N5O3S. The molecule has 0 fully saturated rings. The number of nitro groups is 1. The van der Waals surface area contributed by atoms with Crippen molar-refractivity contribution in [1.82, 2.24) is 14.8 Å². The molecule has 4 rings (SSSR count). The predicted octanol–water partition coefficient (Wildman–Crippen LogP) is 2.93. The number of allylic oxidation sites excluding steroid dienone is 2. The minimum atomic E-state index is -0.435. The molecule has 1 aliphatic carbocycles. The molecule has 2 heterocycles. The van der Waals surface area contributed by atoms with E-state index in [2.05, 4.69) is 15.4 Å². The molecule has 1 atom stereocenters. The van der Waals surface area contributed by atoms with Crippen molar-refractivity contribution in [2.45, 2.75) is 30.5 Å². The fraction of sp³-hybridized carbons (Fsp3) is 0.312. The Hall–Kier alpha value is -2.68. The first-order valence-electron chi connectivity index (χ1n) is 7.86. The Morgan fingerprint density at radius 2 is 2.08 bits per heavy atom. The van der Waals surface area contributed by atoms with Gasteiger partial charge in [-0.2, -0.15) is 4.98 Å². The van der Waals surface area contributed by atoms with E-state index in [0.29, 0.717) is 23.1 Å². The van der Waals surface area contributed by atoms with Crippen LogP contribution in [0.2, 0.25) is 0 Å². The Balaban J connectivity index is 1.86. The standard InChI is InChI=1S/C16H15N5O3S/c1-25-16-18-15-17-11-3-2-4-12(22)13(11)14(20(15)19-16)9-5-7-10(8-6-9)21(23)24/h5-8,14H,2-4H2,1H3,(H,17,18,19). The van der Waals surface area contributed by atoms with Gasteiger partial charge in [-0.3, -0.25) is 14.9 Å². The van der Waals surface area contributed by atoms with E-state index in [4.69, 9.17) is 0 Å². The predicted molar refractivity (Wildman–Crippen MR) is 92.5 cm³/mol. The van der Waals surface area contributed by atoms with E-state index in [1.807, 2.05) is 6.26 Å². The molecule has 0 radical (unpaired) electrons. The lowest BCUT2D eigenvalue weighted by atomic mass is 9.85. The van der Waals surface area contributed by atoms with E-state index in [0.717, 1.165) is 24.1 Å². The zero-order valence-corrected chi connectivity index (χ0v) is 14.2. The largest absolute Gasteiger partial charge is 0.328 e. The fourth-order valence-electron chi connectivity index (χ4n) is 3.31. The molecule has 0 saturated carbocycles. The van der Waals surface area contributed by atoms with E-state index in [1.165, 1.54) is 23.9 Å². The van der Waals surface area contributed by atoms with E-state index in [9.17, 15) is 14.9 Å². The number of hydrogen-bond acceptors (Lipinski definition) is 7. The van der Waals surface area contributed by atoms with Gasteiger partial charge in [-0.15, -0.1) is 5.10 Å². The number of nitro benzene ring substituents is 1. The highest BCUT2D eigenvalue weighted by Crippen LogP contribution is 2.40. The summed E-state index contributed by atoms with van der Waals surface area (Å²) in [4.78, 5) is 27.5. The highest BCUT2D eigenvalue weighted by atomic mass is 32.2. The third kappa shape index (κ3) is 2.60. The molecule has 128 valence electrons. The molecule has 1 aliphatic heterocycles. The van der Waals surface area contributed by atoms with Crippen LogP contribution in [0.3, 0.4) is 0 Å². The molecule has 2 aliphatic rings. The van der Waals surface area contributed by atoms with Crippen LogP contribution in [-0.2, 0) is 4.79 Å². The molecule has 0 bridgehead atoms. The smallest absolute Gasteiger partial charge is 0.269 e. The minimum absolute atomic E-state index is 0.0190. The summed E-state index contributed by atoms with van der Waals surface area (Å²) in [5.41, 5.74) is 2.37. The summed E-state index contributed by atoms with van der Waals surface area (Å²) in [6, 6.07) is 5.87. The number of anilines is 1. The number of ketones is 1. The van der Waals surface area contributed by atoms with E-state index in [-0.39, 0.29) is 11.5 Å². The molecule has 2 aromatic rings. The van der Waals surface area contributed by atoms with Crippen LogP contribution in [0, 0.1) is 10.1 Å².